The number of pyridine rings is 1. The number of hydrogen-bond donors (Lipinski definition) is 2. The Morgan fingerprint density at radius 2 is 1.74 bits per heavy atom. The molecule has 0 aliphatic carbocycles. The van der Waals surface area contributed by atoms with Crippen molar-refractivity contribution in [1.82, 2.24) is 4.98 Å². The van der Waals surface area contributed by atoms with Gasteiger partial charge >= 0.3 is 6.03 Å². The Bertz CT molecular complexity index is 591. The number of nitrogens with one attached hydrogen (secondary N) is 2. The van der Waals surface area contributed by atoms with Gasteiger partial charge in [-0.05, 0) is 49.6 Å². The maximum atomic E-state index is 11.9. The van der Waals surface area contributed by atoms with E-state index in [2.05, 4.69) is 15.6 Å². The standard InChI is InChI=1S/C15H17N3O/c1-10-4-6-12(3)13(8-10)17-15(19)18-14-7-5-11(2)9-16-14/h4-9H,1-3H3,(H2,16,17,18,19). The van der Waals surface area contributed by atoms with Crippen LogP contribution in [0.5, 0.6) is 0 Å². The molecule has 1 heterocycles. The van der Waals surface area contributed by atoms with Gasteiger partial charge in [-0.1, -0.05) is 18.2 Å². The van der Waals surface area contributed by atoms with E-state index in [4.69, 9.17) is 0 Å². The molecule has 0 unspecified atom stereocenters. The van der Waals surface area contributed by atoms with Crippen LogP contribution in [0.15, 0.2) is 36.5 Å². The highest BCUT2D eigenvalue weighted by Gasteiger charge is 2.05. The van der Waals surface area contributed by atoms with Crippen LogP contribution in [0.25, 0.3) is 0 Å². The average molecular weight is 255 g/mol. The smallest absolute Gasteiger partial charge is 0.307 e. The molecule has 0 saturated heterocycles. The summed E-state index contributed by atoms with van der Waals surface area (Å²) in [6.45, 7) is 5.90. The summed E-state index contributed by atoms with van der Waals surface area (Å²) in [5.74, 6) is 0.536. The topological polar surface area (TPSA) is 54.0 Å². The lowest BCUT2D eigenvalue weighted by Crippen LogP contribution is -2.20. The van der Waals surface area contributed by atoms with Crippen LogP contribution in [0.1, 0.15) is 16.7 Å². The van der Waals surface area contributed by atoms with Crippen molar-refractivity contribution in [3.63, 3.8) is 0 Å². The number of carbonyl (C=O) groups excluding carboxylic acids is 1. The molecule has 19 heavy (non-hydrogen) atoms. The van der Waals surface area contributed by atoms with Gasteiger partial charge in [0.2, 0.25) is 0 Å². The highest BCUT2D eigenvalue weighted by atomic mass is 16.2. The molecule has 2 amide bonds. The summed E-state index contributed by atoms with van der Waals surface area (Å²) in [4.78, 5) is 16.0. The van der Waals surface area contributed by atoms with E-state index in [1.165, 1.54) is 0 Å². The molecule has 4 nitrogen and oxygen atoms in total. The first kappa shape index (κ1) is 13.1. The second-order valence-corrected chi connectivity index (χ2v) is 4.62. The van der Waals surface area contributed by atoms with Crippen LogP contribution >= 0.6 is 0 Å². The maximum absolute atomic E-state index is 11.9. The minimum atomic E-state index is -0.287. The van der Waals surface area contributed by atoms with Crippen LogP contribution in [0.4, 0.5) is 16.3 Å². The largest absolute Gasteiger partial charge is 0.324 e. The molecule has 0 saturated carbocycles. The fraction of sp³-hybridized carbons (Fsp3) is 0.200. The van der Waals surface area contributed by atoms with E-state index in [1.54, 1.807) is 12.3 Å². The number of carbonyl (C=O) groups is 1. The van der Waals surface area contributed by atoms with E-state index in [1.807, 2.05) is 45.0 Å². The second-order valence-electron chi connectivity index (χ2n) is 4.62. The van der Waals surface area contributed by atoms with Gasteiger partial charge in [-0.15, -0.1) is 0 Å². The molecule has 2 N–H and O–H groups in total. The van der Waals surface area contributed by atoms with Crippen LogP contribution in [0.2, 0.25) is 0 Å². The van der Waals surface area contributed by atoms with E-state index >= 15 is 0 Å². The second kappa shape index (κ2) is 5.52. The van der Waals surface area contributed by atoms with E-state index in [-0.39, 0.29) is 6.03 Å². The summed E-state index contributed by atoms with van der Waals surface area (Å²) in [7, 11) is 0. The third-order valence-corrected chi connectivity index (χ3v) is 2.79. The van der Waals surface area contributed by atoms with Crippen molar-refractivity contribution in [3.8, 4) is 0 Å². The van der Waals surface area contributed by atoms with Crippen molar-refractivity contribution in [3.05, 3.63) is 53.2 Å². The predicted octanol–water partition coefficient (Wildman–Crippen LogP) is 3.65. The van der Waals surface area contributed by atoms with Crippen LogP contribution in [0.3, 0.4) is 0 Å². The fourth-order valence-corrected chi connectivity index (χ4v) is 1.68. The molecule has 4 heteroatoms. The van der Waals surface area contributed by atoms with Gasteiger partial charge in [-0.3, -0.25) is 5.32 Å². The Balaban J connectivity index is 2.05. The first-order valence-electron chi connectivity index (χ1n) is 6.12. The molecule has 1 aromatic carbocycles. The Morgan fingerprint density at radius 3 is 2.42 bits per heavy atom. The van der Waals surface area contributed by atoms with Gasteiger partial charge in [0.15, 0.2) is 0 Å². The predicted molar refractivity (Wildman–Crippen MR) is 77.5 cm³/mol. The van der Waals surface area contributed by atoms with Gasteiger partial charge in [0.1, 0.15) is 5.82 Å². The molecule has 0 aliphatic rings. The molecule has 98 valence electrons. The quantitative estimate of drug-likeness (QED) is 0.860. The molecule has 0 atom stereocenters. The molecular weight excluding hydrogens is 238 g/mol. The minimum Gasteiger partial charge on any atom is -0.307 e. The number of urea groups is 1. The van der Waals surface area contributed by atoms with Crippen molar-refractivity contribution in [2.24, 2.45) is 0 Å². The number of aromatic nitrogens is 1. The Labute approximate surface area is 112 Å². The Morgan fingerprint density at radius 1 is 1.00 bits per heavy atom. The van der Waals surface area contributed by atoms with Crippen molar-refractivity contribution in [2.75, 3.05) is 10.6 Å². The maximum Gasteiger partial charge on any atom is 0.324 e. The molecule has 0 bridgehead atoms. The van der Waals surface area contributed by atoms with E-state index in [9.17, 15) is 4.79 Å². The summed E-state index contributed by atoms with van der Waals surface area (Å²) in [6, 6.07) is 9.33. The van der Waals surface area contributed by atoms with Gasteiger partial charge in [0.25, 0.3) is 0 Å². The summed E-state index contributed by atoms with van der Waals surface area (Å²) < 4.78 is 0. The summed E-state index contributed by atoms with van der Waals surface area (Å²) in [5, 5.41) is 5.53. The van der Waals surface area contributed by atoms with Crippen LogP contribution in [-0.2, 0) is 0 Å². The van der Waals surface area contributed by atoms with Gasteiger partial charge in [0, 0.05) is 11.9 Å². The van der Waals surface area contributed by atoms with Crippen molar-refractivity contribution in [2.45, 2.75) is 20.8 Å². The normalized spacial score (nSPS) is 10.1. The van der Waals surface area contributed by atoms with Gasteiger partial charge in [0.05, 0.1) is 0 Å². The zero-order valence-electron chi connectivity index (χ0n) is 11.3. The molecule has 0 spiro atoms. The number of amides is 2. The van der Waals surface area contributed by atoms with E-state index in [0.717, 1.165) is 22.4 Å². The van der Waals surface area contributed by atoms with Crippen LogP contribution in [-0.4, -0.2) is 11.0 Å². The Hall–Kier alpha value is -2.36. The van der Waals surface area contributed by atoms with Crippen molar-refractivity contribution >= 4 is 17.5 Å². The number of anilines is 2. The summed E-state index contributed by atoms with van der Waals surface area (Å²) in [5.41, 5.74) is 4.00. The molecule has 0 aliphatic heterocycles. The van der Waals surface area contributed by atoms with E-state index in [0.29, 0.717) is 5.82 Å². The van der Waals surface area contributed by atoms with Crippen LogP contribution < -0.4 is 10.6 Å². The third kappa shape index (κ3) is 3.55. The Kier molecular flexibility index (Phi) is 3.80. The number of hydrogen-bond acceptors (Lipinski definition) is 2. The average Bonchev–Trinajstić information content (AvgIpc) is 2.37. The van der Waals surface area contributed by atoms with Gasteiger partial charge < -0.3 is 5.32 Å². The SMILES string of the molecule is Cc1ccc(NC(=O)Nc2cc(C)ccc2C)nc1. The fourth-order valence-electron chi connectivity index (χ4n) is 1.68. The minimum absolute atomic E-state index is 0.287. The molecular formula is C15H17N3O. The first-order valence-corrected chi connectivity index (χ1v) is 6.12. The van der Waals surface area contributed by atoms with Gasteiger partial charge in [-0.25, -0.2) is 9.78 Å². The number of aryl methyl sites for hydroxylation is 3. The zero-order chi connectivity index (χ0) is 13.8. The molecule has 0 radical (unpaired) electrons. The van der Waals surface area contributed by atoms with Gasteiger partial charge in [-0.2, -0.15) is 0 Å². The first-order chi connectivity index (χ1) is 9.04. The lowest BCUT2D eigenvalue weighted by Gasteiger charge is -2.10. The third-order valence-electron chi connectivity index (χ3n) is 2.79. The lowest BCUT2D eigenvalue weighted by atomic mass is 10.1. The molecule has 1 aromatic heterocycles. The highest BCUT2D eigenvalue weighted by molar-refractivity contribution is 5.99. The zero-order valence-corrected chi connectivity index (χ0v) is 11.3. The number of nitrogens with zero attached hydrogens (tertiary/aromatic N) is 1. The number of rotatable bonds is 2. The number of benzene rings is 1. The van der Waals surface area contributed by atoms with Crippen molar-refractivity contribution in [1.29, 1.82) is 0 Å². The molecule has 2 rings (SSSR count). The highest BCUT2D eigenvalue weighted by Crippen LogP contribution is 2.16. The summed E-state index contributed by atoms with van der Waals surface area (Å²) >= 11 is 0. The summed E-state index contributed by atoms with van der Waals surface area (Å²) in [6.07, 6.45) is 1.72. The van der Waals surface area contributed by atoms with Crippen LogP contribution in [0, 0.1) is 20.8 Å². The molecule has 2 aromatic rings. The monoisotopic (exact) mass is 255 g/mol. The molecule has 0 fully saturated rings. The van der Waals surface area contributed by atoms with Crippen molar-refractivity contribution < 1.29 is 4.79 Å². The lowest BCUT2D eigenvalue weighted by molar-refractivity contribution is 0.262. The van der Waals surface area contributed by atoms with E-state index < -0.39 is 0 Å².